The smallest absolute Gasteiger partial charge is 0.421 e. The Morgan fingerprint density at radius 3 is 2.03 bits per heavy atom. The lowest BCUT2D eigenvalue weighted by molar-refractivity contribution is -0.258. The fraction of sp³-hybridized carbons (Fsp3) is 0.481. The summed E-state index contributed by atoms with van der Waals surface area (Å²) in [5.41, 5.74) is -4.51. The lowest BCUT2D eigenvalue weighted by Crippen LogP contribution is -2.49. The van der Waals surface area contributed by atoms with E-state index in [1.54, 1.807) is 4.90 Å². The van der Waals surface area contributed by atoms with Crippen molar-refractivity contribution in [2.24, 2.45) is 0 Å². The lowest BCUT2D eigenvalue weighted by Gasteiger charge is -2.42. The molecule has 2 aliphatic rings. The number of halogens is 5. The molecule has 1 N–H and O–H groups in total. The Balaban J connectivity index is 1.56. The van der Waals surface area contributed by atoms with Gasteiger partial charge in [0.25, 0.3) is 5.91 Å². The number of hydrogen-bond acceptors (Lipinski definition) is 4. The van der Waals surface area contributed by atoms with E-state index in [2.05, 4.69) is 0 Å². The summed E-state index contributed by atoms with van der Waals surface area (Å²) < 4.78 is 72.7. The van der Waals surface area contributed by atoms with E-state index in [0.717, 1.165) is 37.1 Å². The molecule has 2 fully saturated rings. The molecule has 0 unspecified atom stereocenters. The number of benzene rings is 2. The molecule has 4 rings (SSSR count). The average Bonchev–Trinajstić information content (AvgIpc) is 3.69. The number of amides is 1. The predicted octanol–water partition coefficient (Wildman–Crippen LogP) is 5.39. The second kappa shape index (κ2) is 9.70. The number of esters is 1. The quantitative estimate of drug-likeness (QED) is 0.406. The molecule has 0 aromatic heterocycles. The van der Waals surface area contributed by atoms with E-state index in [1.165, 1.54) is 25.3 Å². The first-order valence-electron chi connectivity index (χ1n) is 12.1. The van der Waals surface area contributed by atoms with Crippen LogP contribution in [-0.4, -0.2) is 47.3 Å². The van der Waals surface area contributed by atoms with Gasteiger partial charge in [0.15, 0.2) is 5.60 Å². The third kappa shape index (κ3) is 4.95. The van der Waals surface area contributed by atoms with E-state index in [9.17, 15) is 36.6 Å². The Hall–Kier alpha value is -3.01. The highest BCUT2D eigenvalue weighted by molar-refractivity contribution is 5.95. The molecule has 0 saturated heterocycles. The van der Waals surface area contributed by atoms with Crippen LogP contribution in [0.25, 0.3) is 0 Å². The van der Waals surface area contributed by atoms with Crippen LogP contribution in [0.5, 0.6) is 0 Å². The van der Waals surface area contributed by atoms with Crippen molar-refractivity contribution in [3.8, 4) is 0 Å². The van der Waals surface area contributed by atoms with Crippen LogP contribution in [0.3, 0.4) is 0 Å². The number of carbonyl (C=O) groups excluding carboxylic acids is 2. The van der Waals surface area contributed by atoms with E-state index in [1.807, 2.05) is 0 Å². The van der Waals surface area contributed by atoms with Crippen LogP contribution in [-0.2, 0) is 20.5 Å². The van der Waals surface area contributed by atoms with Crippen LogP contribution >= 0.6 is 0 Å². The molecule has 2 aliphatic carbocycles. The Kier molecular flexibility index (Phi) is 7.09. The summed E-state index contributed by atoms with van der Waals surface area (Å²) in [5, 5.41) is 9.90. The predicted molar refractivity (Wildman–Crippen MR) is 124 cm³/mol. The highest BCUT2D eigenvalue weighted by Crippen LogP contribution is 2.45. The van der Waals surface area contributed by atoms with Gasteiger partial charge in [0.2, 0.25) is 0 Å². The molecule has 2 aromatic carbocycles. The minimum absolute atomic E-state index is 0.0383. The zero-order valence-corrected chi connectivity index (χ0v) is 20.4. The first-order chi connectivity index (χ1) is 17.3. The molecule has 5 nitrogen and oxygen atoms in total. The van der Waals surface area contributed by atoms with Crippen molar-refractivity contribution >= 4 is 11.9 Å². The molecule has 0 bridgehead atoms. The van der Waals surface area contributed by atoms with Crippen LogP contribution in [0.15, 0.2) is 42.5 Å². The fourth-order valence-electron chi connectivity index (χ4n) is 5.26. The number of hydrogen-bond donors (Lipinski definition) is 1. The van der Waals surface area contributed by atoms with E-state index in [0.29, 0.717) is 19.8 Å². The minimum Gasteiger partial charge on any atom is -0.468 e. The van der Waals surface area contributed by atoms with Gasteiger partial charge in [-0.05, 0) is 69.2 Å². The van der Waals surface area contributed by atoms with Gasteiger partial charge < -0.3 is 14.7 Å². The molecular formula is C27H28F5NO4. The van der Waals surface area contributed by atoms with Gasteiger partial charge in [0.05, 0.1) is 12.5 Å². The summed E-state index contributed by atoms with van der Waals surface area (Å²) in [6.45, 7) is 0.653. The van der Waals surface area contributed by atoms with Gasteiger partial charge in [-0.1, -0.05) is 18.2 Å². The summed E-state index contributed by atoms with van der Waals surface area (Å²) in [6.07, 6.45) is -2.26. The summed E-state index contributed by atoms with van der Waals surface area (Å²) in [5.74, 6) is -2.59. The second-order valence-corrected chi connectivity index (χ2v) is 10.0. The summed E-state index contributed by atoms with van der Waals surface area (Å²) in [7, 11) is 1.21. The Bertz CT molecular complexity index is 1170. The van der Waals surface area contributed by atoms with Gasteiger partial charge in [-0.15, -0.1) is 0 Å². The zero-order chi connectivity index (χ0) is 27.2. The van der Waals surface area contributed by atoms with Crippen LogP contribution in [0.2, 0.25) is 0 Å². The highest BCUT2D eigenvalue weighted by Gasteiger charge is 2.51. The summed E-state index contributed by atoms with van der Waals surface area (Å²) in [4.78, 5) is 28.0. The molecule has 0 radical (unpaired) electrons. The Labute approximate surface area is 211 Å². The van der Waals surface area contributed by atoms with Crippen LogP contribution < -0.4 is 0 Å². The number of ether oxygens (including phenoxy) is 1. The third-order valence-electron chi connectivity index (χ3n) is 7.65. The number of aliphatic hydroxyl groups is 1. The average molecular weight is 526 g/mol. The molecule has 0 aliphatic heterocycles. The van der Waals surface area contributed by atoms with Gasteiger partial charge in [-0.3, -0.25) is 9.59 Å². The Morgan fingerprint density at radius 1 is 0.973 bits per heavy atom. The standard InChI is InChI=1S/C27H28F5NO4/c1-25(36,27(30,31)32)17-5-3-16(4-6-17)23(34)33(19-8-9-19)20-11-13-26(14-12-20,24(35)37-2)21-10-7-18(28)15-22(21)29/h3-7,10,15,19-20,36H,8-9,11-14H2,1-2H3/t20-,25-,26-/m0/s1. The van der Waals surface area contributed by atoms with Crippen LogP contribution in [0.1, 0.15) is 66.9 Å². The fourth-order valence-corrected chi connectivity index (χ4v) is 5.26. The molecule has 2 aromatic rings. The molecule has 2 saturated carbocycles. The zero-order valence-electron chi connectivity index (χ0n) is 20.4. The largest absolute Gasteiger partial charge is 0.468 e. The summed E-state index contributed by atoms with van der Waals surface area (Å²) >= 11 is 0. The van der Waals surface area contributed by atoms with Gasteiger partial charge >= 0.3 is 12.1 Å². The van der Waals surface area contributed by atoms with Crippen molar-refractivity contribution in [2.75, 3.05) is 7.11 Å². The number of nitrogens with zero attached hydrogens (tertiary/aromatic N) is 1. The van der Waals surface area contributed by atoms with Gasteiger partial charge in [-0.25, -0.2) is 8.78 Å². The second-order valence-electron chi connectivity index (χ2n) is 10.0. The SMILES string of the molecule is COC(=O)[C@]1(c2ccc(F)cc2F)CC[C@@H](N(C(=O)c2ccc([C@](C)(O)C(F)(F)F)cc2)C2CC2)CC1. The monoisotopic (exact) mass is 525 g/mol. The van der Waals surface area contributed by atoms with Crippen LogP contribution in [0.4, 0.5) is 22.0 Å². The molecular weight excluding hydrogens is 497 g/mol. The van der Waals surface area contributed by atoms with E-state index in [-0.39, 0.29) is 47.5 Å². The topological polar surface area (TPSA) is 66.8 Å². The maximum atomic E-state index is 14.7. The van der Waals surface area contributed by atoms with E-state index in [4.69, 9.17) is 4.74 Å². The maximum Gasteiger partial charge on any atom is 0.421 e. The van der Waals surface area contributed by atoms with Crippen molar-refractivity contribution in [1.29, 1.82) is 0 Å². The number of carbonyl (C=O) groups is 2. The van der Waals surface area contributed by atoms with Crippen molar-refractivity contribution in [3.63, 3.8) is 0 Å². The molecule has 200 valence electrons. The van der Waals surface area contributed by atoms with Crippen molar-refractivity contribution in [3.05, 3.63) is 70.8 Å². The maximum absolute atomic E-state index is 14.7. The molecule has 1 atom stereocenters. The van der Waals surface area contributed by atoms with Crippen molar-refractivity contribution in [1.82, 2.24) is 4.90 Å². The number of methoxy groups -OCH3 is 1. The molecule has 0 spiro atoms. The highest BCUT2D eigenvalue weighted by atomic mass is 19.4. The first kappa shape index (κ1) is 27.0. The van der Waals surface area contributed by atoms with Crippen LogP contribution in [0, 0.1) is 11.6 Å². The Morgan fingerprint density at radius 2 is 1.54 bits per heavy atom. The van der Waals surface area contributed by atoms with E-state index < -0.39 is 34.8 Å². The molecule has 10 heteroatoms. The molecule has 0 heterocycles. The normalized spacial score (nSPS) is 23.7. The number of rotatable bonds is 6. The van der Waals surface area contributed by atoms with Gasteiger partial charge in [0.1, 0.15) is 11.6 Å². The van der Waals surface area contributed by atoms with Crippen molar-refractivity contribution < 1.29 is 41.4 Å². The molecule has 1 amide bonds. The van der Waals surface area contributed by atoms with Gasteiger partial charge in [0, 0.05) is 29.3 Å². The molecule has 37 heavy (non-hydrogen) atoms. The van der Waals surface area contributed by atoms with E-state index >= 15 is 0 Å². The first-order valence-corrected chi connectivity index (χ1v) is 12.1. The van der Waals surface area contributed by atoms with Crippen molar-refractivity contribution in [2.45, 2.75) is 74.7 Å². The van der Waals surface area contributed by atoms with Gasteiger partial charge in [-0.2, -0.15) is 13.2 Å². The summed E-state index contributed by atoms with van der Waals surface area (Å²) in [6, 6.07) is 7.47. The lowest BCUT2D eigenvalue weighted by atomic mass is 9.67. The third-order valence-corrected chi connectivity index (χ3v) is 7.65. The number of alkyl halides is 3. The minimum atomic E-state index is -4.88.